The Kier molecular flexibility index (Phi) is 5.87. The minimum atomic E-state index is -0.716. The van der Waals surface area contributed by atoms with Gasteiger partial charge < -0.3 is 26.0 Å². The molecule has 5 rings (SSSR count). The quantitative estimate of drug-likeness (QED) is 0.502. The first-order chi connectivity index (χ1) is 17.2. The maximum Gasteiger partial charge on any atom is 0.323 e. The highest BCUT2D eigenvalue weighted by Gasteiger charge is 2.58. The Hall–Kier alpha value is -3.65. The van der Waals surface area contributed by atoms with Crippen LogP contribution in [0, 0.1) is 5.41 Å². The number of methoxy groups -OCH3 is 1. The van der Waals surface area contributed by atoms with E-state index in [-0.39, 0.29) is 22.4 Å². The molecule has 1 heterocycles. The van der Waals surface area contributed by atoms with Gasteiger partial charge in [0, 0.05) is 41.7 Å². The third kappa shape index (κ3) is 4.26. The molecule has 3 aliphatic rings. The molecule has 1 spiro atoms. The highest BCUT2D eigenvalue weighted by Crippen LogP contribution is 2.55. The van der Waals surface area contributed by atoms with E-state index in [0.717, 1.165) is 25.1 Å². The van der Waals surface area contributed by atoms with Crippen LogP contribution in [-0.4, -0.2) is 56.7 Å². The number of nitrogens with two attached hydrogens (primary N) is 2. The van der Waals surface area contributed by atoms with E-state index in [9.17, 15) is 9.59 Å². The van der Waals surface area contributed by atoms with Crippen molar-refractivity contribution in [2.45, 2.75) is 31.1 Å². The molecule has 8 nitrogen and oxygen atoms in total. The zero-order valence-corrected chi connectivity index (χ0v) is 21.1. The van der Waals surface area contributed by atoms with Crippen molar-refractivity contribution in [3.63, 3.8) is 0 Å². The van der Waals surface area contributed by atoms with Crippen LogP contribution in [0.15, 0.2) is 59.8 Å². The topological polar surface area (TPSA) is 116 Å². The van der Waals surface area contributed by atoms with Crippen molar-refractivity contribution in [2.24, 2.45) is 16.9 Å². The Morgan fingerprint density at radius 3 is 2.17 bits per heavy atom. The van der Waals surface area contributed by atoms with Crippen LogP contribution in [-0.2, 0) is 15.0 Å². The Morgan fingerprint density at radius 1 is 1.03 bits per heavy atom. The van der Waals surface area contributed by atoms with Crippen molar-refractivity contribution in [3.05, 3.63) is 65.4 Å². The summed E-state index contributed by atoms with van der Waals surface area (Å²) in [6, 6.07) is 15.6. The number of hydrogen-bond acceptors (Lipinski definition) is 5. The van der Waals surface area contributed by atoms with E-state index < -0.39 is 5.91 Å². The van der Waals surface area contributed by atoms with Crippen LogP contribution in [0.5, 0.6) is 5.75 Å². The second kappa shape index (κ2) is 8.78. The number of rotatable bonds is 7. The van der Waals surface area contributed by atoms with Gasteiger partial charge in [-0.2, -0.15) is 0 Å². The summed E-state index contributed by atoms with van der Waals surface area (Å²) in [6.45, 7) is 1.48. The van der Waals surface area contributed by atoms with E-state index in [1.807, 2.05) is 36.4 Å². The number of anilines is 1. The number of nitrogens with one attached hydrogen (secondary N) is 1. The van der Waals surface area contributed by atoms with Crippen LogP contribution < -0.4 is 26.1 Å². The monoisotopic (exact) mass is 488 g/mol. The number of likely N-dealkylation sites (N-methyl/N-ethyl adjacent to an activating group) is 1. The van der Waals surface area contributed by atoms with Crippen molar-refractivity contribution in [2.75, 3.05) is 39.2 Å². The van der Waals surface area contributed by atoms with E-state index in [4.69, 9.17) is 16.2 Å². The number of nitrogens with zero attached hydrogens (tertiary/aromatic N) is 2. The van der Waals surface area contributed by atoms with Gasteiger partial charge in [0.15, 0.2) is 0 Å². The minimum Gasteiger partial charge on any atom is -0.497 e. The molecule has 0 aromatic heterocycles. The Labute approximate surface area is 211 Å². The predicted octanol–water partition coefficient (Wildman–Crippen LogP) is 0.967. The number of amides is 2. The molecule has 2 aromatic carbocycles. The lowest BCUT2D eigenvalue weighted by atomic mass is 9.84. The zero-order chi connectivity index (χ0) is 25.7. The molecule has 0 unspecified atom stereocenters. The highest BCUT2D eigenvalue weighted by atomic mass is 16.5. The predicted molar refractivity (Wildman–Crippen MR) is 139 cm³/mol. The average Bonchev–Trinajstić information content (AvgIpc) is 3.79. The normalized spacial score (nSPS) is 22.2. The molecular weight excluding hydrogens is 454 g/mol. The third-order valence-corrected chi connectivity index (χ3v) is 7.71. The summed E-state index contributed by atoms with van der Waals surface area (Å²) >= 11 is 0. The number of piperidine rings is 1. The largest absolute Gasteiger partial charge is 0.497 e. The van der Waals surface area contributed by atoms with Gasteiger partial charge in [-0.15, -0.1) is 0 Å². The van der Waals surface area contributed by atoms with Crippen molar-refractivity contribution in [1.82, 2.24) is 4.90 Å². The van der Waals surface area contributed by atoms with Gasteiger partial charge in [-0.05, 0) is 69.6 Å². The molecule has 36 heavy (non-hydrogen) atoms. The third-order valence-electron chi connectivity index (χ3n) is 7.71. The fraction of sp³-hybridized carbons (Fsp3) is 0.393. The van der Waals surface area contributed by atoms with E-state index in [1.165, 1.54) is 18.4 Å². The van der Waals surface area contributed by atoms with Gasteiger partial charge in [-0.1, -0.05) is 12.1 Å². The fourth-order valence-corrected chi connectivity index (χ4v) is 5.50. The maximum absolute atomic E-state index is 13.9. The second-order valence-corrected chi connectivity index (χ2v) is 10.6. The Balaban J connectivity index is 1.53. The van der Waals surface area contributed by atoms with Crippen LogP contribution >= 0.6 is 0 Å². The molecule has 1 saturated heterocycles. The van der Waals surface area contributed by atoms with Gasteiger partial charge in [-0.3, -0.25) is 9.59 Å². The summed E-state index contributed by atoms with van der Waals surface area (Å²) < 4.78 is 5.25. The molecule has 0 bridgehead atoms. The van der Waals surface area contributed by atoms with Crippen molar-refractivity contribution < 1.29 is 19.3 Å². The molecule has 2 aromatic rings. The molecule has 0 atom stereocenters. The summed E-state index contributed by atoms with van der Waals surface area (Å²) in [7, 11) is 5.81. The van der Waals surface area contributed by atoms with Crippen LogP contribution in [0.1, 0.15) is 31.2 Å². The van der Waals surface area contributed by atoms with Gasteiger partial charge in [0.05, 0.1) is 12.7 Å². The molecule has 2 saturated carbocycles. The average molecular weight is 489 g/mol. The number of benzene rings is 2. The summed E-state index contributed by atoms with van der Waals surface area (Å²) in [5, 5.41) is 0. The summed E-state index contributed by atoms with van der Waals surface area (Å²) in [6.07, 6.45) is 4.02. The van der Waals surface area contributed by atoms with E-state index in [0.29, 0.717) is 29.3 Å². The van der Waals surface area contributed by atoms with Gasteiger partial charge in [0.25, 0.3) is 11.6 Å². The zero-order valence-electron chi connectivity index (χ0n) is 21.1. The van der Waals surface area contributed by atoms with E-state index in [1.54, 1.807) is 12.0 Å². The number of hydrogen-bond donors (Lipinski definition) is 3. The number of carbonyl (C=O) groups excluding carboxylic acids is 2. The first-order valence-corrected chi connectivity index (χ1v) is 12.3. The second-order valence-electron chi connectivity index (χ2n) is 10.6. The molecule has 188 valence electrons. The van der Waals surface area contributed by atoms with E-state index >= 15 is 0 Å². The van der Waals surface area contributed by atoms with Gasteiger partial charge in [-0.25, -0.2) is 4.99 Å². The number of carbonyl (C=O) groups is 2. The summed E-state index contributed by atoms with van der Waals surface area (Å²) in [4.78, 5) is 33.3. The smallest absolute Gasteiger partial charge is 0.323 e. The molecule has 3 fully saturated rings. The van der Waals surface area contributed by atoms with Crippen LogP contribution in [0.2, 0.25) is 0 Å². The van der Waals surface area contributed by atoms with Crippen LogP contribution in [0.3, 0.4) is 0 Å². The molecule has 2 aliphatic carbocycles. The molecule has 5 N–H and O–H groups in total. The Morgan fingerprint density at radius 2 is 1.67 bits per heavy atom. The Bertz CT molecular complexity index is 1250. The first kappa shape index (κ1) is 24.1. The lowest BCUT2D eigenvalue weighted by Crippen LogP contribution is -2.73. The number of primary amides is 1. The summed E-state index contributed by atoms with van der Waals surface area (Å²) in [5.41, 5.74) is 15.2. The maximum atomic E-state index is 13.9. The van der Waals surface area contributed by atoms with Crippen LogP contribution in [0.25, 0.3) is 0 Å². The lowest BCUT2D eigenvalue weighted by Gasteiger charge is -2.34. The first-order valence-electron chi connectivity index (χ1n) is 12.3. The van der Waals surface area contributed by atoms with Crippen molar-refractivity contribution >= 4 is 28.9 Å². The summed E-state index contributed by atoms with van der Waals surface area (Å²) in [5.74, 6) is -0.243. The SMILES string of the molecule is COc1ccc([NH+]=C2C(=O)N(c3ccc(C4(CN(C)C)CC4)cc3)CC3(CC3)C2=C(N)C(N)=O)cc1. The van der Waals surface area contributed by atoms with E-state index in [2.05, 4.69) is 36.1 Å². The van der Waals surface area contributed by atoms with Crippen LogP contribution in [0.4, 0.5) is 11.4 Å². The lowest BCUT2D eigenvalue weighted by molar-refractivity contribution is -0.353. The highest BCUT2D eigenvalue weighted by molar-refractivity contribution is 6.49. The van der Waals surface area contributed by atoms with Crippen molar-refractivity contribution in [1.29, 1.82) is 0 Å². The molecular formula is C28H34N5O3+. The van der Waals surface area contributed by atoms with Gasteiger partial charge in [0.2, 0.25) is 5.69 Å². The standard InChI is InChI=1S/C28H33N5O3/c1-32(2)16-27(12-13-27)18-4-8-20(9-5-18)33-17-28(14-15-28)22(23(29)25(30)34)24(26(33)35)31-19-6-10-21(36-3)11-7-19/h4-11H,12-17,29H2,1-3H3,(H2,30,34)/p+1. The number of ether oxygens (including phenoxy) is 1. The molecule has 2 amide bonds. The molecule has 8 heteroatoms. The molecule has 0 radical (unpaired) electrons. The van der Waals surface area contributed by atoms with Gasteiger partial charge in [0.1, 0.15) is 11.4 Å². The molecule has 1 aliphatic heterocycles. The fourth-order valence-electron chi connectivity index (χ4n) is 5.50. The van der Waals surface area contributed by atoms with Gasteiger partial charge >= 0.3 is 5.91 Å². The van der Waals surface area contributed by atoms with Crippen molar-refractivity contribution in [3.8, 4) is 5.75 Å². The minimum absolute atomic E-state index is 0.0498.